The number of nitrogens with zero attached hydrogens (tertiary/aromatic N) is 5. The smallest absolute Gasteiger partial charge is 0.227 e. The fourth-order valence-corrected chi connectivity index (χ4v) is 5.93. The molecule has 0 bridgehead atoms. The van der Waals surface area contributed by atoms with E-state index >= 15 is 0 Å². The van der Waals surface area contributed by atoms with E-state index in [-0.39, 0.29) is 11.7 Å². The summed E-state index contributed by atoms with van der Waals surface area (Å²) in [7, 11) is -2.96. The van der Waals surface area contributed by atoms with Gasteiger partial charge < -0.3 is 19.9 Å². The van der Waals surface area contributed by atoms with Crippen molar-refractivity contribution in [2.24, 2.45) is 5.92 Å². The molecule has 9 nitrogen and oxygen atoms in total. The summed E-state index contributed by atoms with van der Waals surface area (Å²) >= 11 is 0. The largest absolute Gasteiger partial charge is 0.378 e. The first-order valence-electron chi connectivity index (χ1n) is 12.0. The average molecular weight is 497 g/mol. The van der Waals surface area contributed by atoms with Gasteiger partial charge in [0.15, 0.2) is 0 Å². The first-order valence-corrected chi connectivity index (χ1v) is 14.1. The Morgan fingerprint density at radius 2 is 1.83 bits per heavy atom. The molecule has 0 atom stereocenters. The van der Waals surface area contributed by atoms with Crippen LogP contribution in [0.2, 0.25) is 0 Å². The monoisotopic (exact) mass is 496 g/mol. The van der Waals surface area contributed by atoms with Crippen molar-refractivity contribution >= 4 is 43.9 Å². The number of morpholine rings is 1. The van der Waals surface area contributed by atoms with E-state index in [1.165, 1.54) is 11.8 Å². The molecule has 0 unspecified atom stereocenters. The molecule has 0 radical (unpaired) electrons. The maximum atomic E-state index is 11.7. The molecule has 1 N–H and O–H groups in total. The summed E-state index contributed by atoms with van der Waals surface area (Å²) in [6.45, 7) is 8.78. The number of benzene rings is 1. The lowest BCUT2D eigenvalue weighted by Gasteiger charge is -2.41. The number of aromatic nitrogens is 3. The molecule has 4 heterocycles. The molecule has 35 heavy (non-hydrogen) atoms. The second kappa shape index (κ2) is 9.58. The van der Waals surface area contributed by atoms with Gasteiger partial charge in [-0.25, -0.2) is 18.4 Å². The van der Waals surface area contributed by atoms with Crippen LogP contribution in [0, 0.1) is 5.92 Å². The van der Waals surface area contributed by atoms with Crippen LogP contribution in [0.3, 0.4) is 0 Å². The topological polar surface area (TPSA) is 101 Å². The molecular weight excluding hydrogens is 464 g/mol. The molecule has 2 fully saturated rings. The second-order valence-electron chi connectivity index (χ2n) is 9.77. The first kappa shape index (κ1) is 23.7. The van der Waals surface area contributed by atoms with Crippen LogP contribution in [-0.2, 0) is 14.6 Å². The lowest BCUT2D eigenvalue weighted by atomic mass is 9.93. The summed E-state index contributed by atoms with van der Waals surface area (Å²) in [5.41, 5.74) is 2.35. The van der Waals surface area contributed by atoms with Crippen LogP contribution in [0.1, 0.15) is 25.3 Å². The van der Waals surface area contributed by atoms with Crippen LogP contribution < -0.4 is 15.1 Å². The third-order valence-electron chi connectivity index (χ3n) is 6.56. The van der Waals surface area contributed by atoms with Gasteiger partial charge in [0.05, 0.1) is 19.0 Å². The Balaban J connectivity index is 1.41. The van der Waals surface area contributed by atoms with E-state index in [0.717, 1.165) is 48.5 Å². The highest BCUT2D eigenvalue weighted by molar-refractivity contribution is 7.90. The molecule has 3 aromatic rings. The minimum absolute atomic E-state index is 0.178. The fraction of sp³-hybridized carbons (Fsp3) is 0.480. The van der Waals surface area contributed by atoms with Gasteiger partial charge in [0.1, 0.15) is 21.5 Å². The van der Waals surface area contributed by atoms with E-state index in [4.69, 9.17) is 9.72 Å². The molecule has 1 aromatic carbocycles. The summed E-state index contributed by atoms with van der Waals surface area (Å²) in [5, 5.41) is 5.57. The Morgan fingerprint density at radius 3 is 2.54 bits per heavy atom. The summed E-state index contributed by atoms with van der Waals surface area (Å²) in [6, 6.07) is 8.25. The number of anilines is 4. The Labute approximate surface area is 206 Å². The maximum absolute atomic E-state index is 11.7. The van der Waals surface area contributed by atoms with Crippen molar-refractivity contribution in [3.05, 3.63) is 42.2 Å². The lowest BCUT2D eigenvalue weighted by Crippen LogP contribution is -2.49. The van der Waals surface area contributed by atoms with Gasteiger partial charge >= 0.3 is 0 Å². The van der Waals surface area contributed by atoms with Crippen molar-refractivity contribution in [1.82, 2.24) is 15.0 Å². The van der Waals surface area contributed by atoms with Gasteiger partial charge in [-0.2, -0.15) is 4.98 Å². The van der Waals surface area contributed by atoms with Gasteiger partial charge in [-0.3, -0.25) is 0 Å². The van der Waals surface area contributed by atoms with E-state index in [2.05, 4.69) is 57.1 Å². The van der Waals surface area contributed by atoms with Gasteiger partial charge in [0.2, 0.25) is 5.95 Å². The minimum Gasteiger partial charge on any atom is -0.378 e. The molecule has 10 heteroatoms. The molecule has 0 aliphatic carbocycles. The molecular formula is C25H32N6O3S. The summed E-state index contributed by atoms with van der Waals surface area (Å²) < 4.78 is 28.7. The quantitative estimate of drug-likeness (QED) is 0.528. The summed E-state index contributed by atoms with van der Waals surface area (Å²) in [6.07, 6.45) is 4.98. The number of sulfone groups is 1. The Kier molecular flexibility index (Phi) is 6.50. The Morgan fingerprint density at radius 1 is 1.06 bits per heavy atom. The SMILES string of the molecule is CC(C)c1ccc(N2CC(CS(C)(=O)=O)C2)c2cnc(Nc3ccnc(N4CCOCC4)n3)cc12. The molecule has 2 aromatic heterocycles. The van der Waals surface area contributed by atoms with E-state index in [0.29, 0.717) is 30.9 Å². The van der Waals surface area contributed by atoms with Gasteiger partial charge in [-0.15, -0.1) is 0 Å². The zero-order valence-electron chi connectivity index (χ0n) is 20.4. The highest BCUT2D eigenvalue weighted by Gasteiger charge is 2.31. The van der Waals surface area contributed by atoms with Crippen LogP contribution in [0.4, 0.5) is 23.3 Å². The number of pyridine rings is 1. The average Bonchev–Trinajstić information content (AvgIpc) is 2.80. The molecule has 186 valence electrons. The minimum atomic E-state index is -2.96. The maximum Gasteiger partial charge on any atom is 0.227 e. The van der Waals surface area contributed by atoms with Crippen LogP contribution in [0.5, 0.6) is 0 Å². The number of rotatable bonds is 7. The second-order valence-corrected chi connectivity index (χ2v) is 12.0. The van der Waals surface area contributed by atoms with Crippen molar-refractivity contribution in [2.45, 2.75) is 19.8 Å². The number of nitrogens with one attached hydrogen (secondary N) is 1. The number of hydrogen-bond acceptors (Lipinski definition) is 9. The number of hydrogen-bond donors (Lipinski definition) is 1. The molecule has 0 saturated carbocycles. The highest BCUT2D eigenvalue weighted by Crippen LogP contribution is 2.37. The van der Waals surface area contributed by atoms with E-state index < -0.39 is 9.84 Å². The highest BCUT2D eigenvalue weighted by atomic mass is 32.2. The van der Waals surface area contributed by atoms with Gasteiger partial charge in [-0.05, 0) is 35.1 Å². The van der Waals surface area contributed by atoms with Crippen LogP contribution in [0.15, 0.2) is 36.7 Å². The van der Waals surface area contributed by atoms with Crippen molar-refractivity contribution in [3.8, 4) is 0 Å². The van der Waals surface area contributed by atoms with Crippen molar-refractivity contribution < 1.29 is 13.2 Å². The summed E-state index contributed by atoms with van der Waals surface area (Å²) in [5.74, 6) is 2.87. The van der Waals surface area contributed by atoms with Crippen LogP contribution in [0.25, 0.3) is 10.8 Å². The van der Waals surface area contributed by atoms with Crippen molar-refractivity contribution in [3.63, 3.8) is 0 Å². The van der Waals surface area contributed by atoms with Crippen molar-refractivity contribution in [2.75, 3.05) is 66.5 Å². The fourth-order valence-electron chi connectivity index (χ4n) is 4.86. The summed E-state index contributed by atoms with van der Waals surface area (Å²) in [4.78, 5) is 18.2. The Hall–Kier alpha value is -2.98. The van der Waals surface area contributed by atoms with Crippen molar-refractivity contribution in [1.29, 1.82) is 0 Å². The van der Waals surface area contributed by atoms with E-state index in [1.54, 1.807) is 6.20 Å². The molecule has 0 spiro atoms. The van der Waals surface area contributed by atoms with Crippen LogP contribution >= 0.6 is 0 Å². The predicted octanol–water partition coefficient (Wildman–Crippen LogP) is 3.21. The van der Waals surface area contributed by atoms with E-state index in [9.17, 15) is 8.42 Å². The van der Waals surface area contributed by atoms with Gasteiger partial charge in [0.25, 0.3) is 0 Å². The van der Waals surface area contributed by atoms with Crippen LogP contribution in [-0.4, -0.2) is 74.8 Å². The Bertz CT molecular complexity index is 1320. The first-order chi connectivity index (χ1) is 16.8. The molecule has 5 rings (SSSR count). The molecule has 2 aliphatic heterocycles. The third kappa shape index (κ3) is 5.33. The standard InChI is InChI=1S/C25H32N6O3S/c1-17(2)19-4-5-22(31-14-18(15-31)16-35(3,32)33)21-13-27-24(12-20(19)21)28-23-6-7-26-25(29-23)30-8-10-34-11-9-30/h4-7,12-13,17-18H,8-11,14-16H2,1-3H3,(H,26,27,28,29). The lowest BCUT2D eigenvalue weighted by molar-refractivity contribution is 0.122. The number of fused-ring (bicyclic) bond motifs is 1. The molecule has 2 saturated heterocycles. The third-order valence-corrected chi connectivity index (χ3v) is 7.64. The molecule has 2 aliphatic rings. The normalized spacial score (nSPS) is 17.1. The van der Waals surface area contributed by atoms with E-state index in [1.807, 2.05) is 12.3 Å². The van der Waals surface area contributed by atoms with Gasteiger partial charge in [0, 0.05) is 61.8 Å². The zero-order valence-corrected chi connectivity index (χ0v) is 21.3. The number of ether oxygens (including phenoxy) is 1. The predicted molar refractivity (Wildman–Crippen MR) is 140 cm³/mol. The zero-order chi connectivity index (χ0) is 24.6. The molecule has 0 amide bonds. The van der Waals surface area contributed by atoms with Gasteiger partial charge in [-0.1, -0.05) is 19.9 Å².